The summed E-state index contributed by atoms with van der Waals surface area (Å²) in [4.78, 5) is 0. The van der Waals surface area contributed by atoms with Crippen molar-refractivity contribution in [2.24, 2.45) is 5.73 Å². The van der Waals surface area contributed by atoms with Gasteiger partial charge in [-0.1, -0.05) is 17.7 Å². The Bertz CT molecular complexity index is 333. The molecule has 0 fully saturated rings. The van der Waals surface area contributed by atoms with Gasteiger partial charge in [0.25, 0.3) is 0 Å². The van der Waals surface area contributed by atoms with E-state index in [2.05, 4.69) is 0 Å². The maximum Gasteiger partial charge on any atom is 0.150 e. The quantitative estimate of drug-likeness (QED) is 0.767. The van der Waals surface area contributed by atoms with Gasteiger partial charge in [0.05, 0.1) is 6.10 Å². The Morgan fingerprint density at radius 2 is 2.07 bits per heavy atom. The van der Waals surface area contributed by atoms with Gasteiger partial charge < -0.3 is 10.8 Å². The van der Waals surface area contributed by atoms with Crippen LogP contribution in [0.3, 0.4) is 0 Å². The summed E-state index contributed by atoms with van der Waals surface area (Å²) >= 11 is 5.33. The minimum atomic E-state index is -1.04. The molecule has 78 valence electrons. The van der Waals surface area contributed by atoms with E-state index in [-0.39, 0.29) is 18.5 Å². The fourth-order valence-corrected chi connectivity index (χ4v) is 1.28. The molecule has 0 saturated carbocycles. The minimum Gasteiger partial charge on any atom is -0.388 e. The Morgan fingerprint density at radius 1 is 1.43 bits per heavy atom. The Labute approximate surface area is 85.3 Å². The van der Waals surface area contributed by atoms with Crippen LogP contribution in [0.5, 0.6) is 0 Å². The third-order valence-corrected chi connectivity index (χ3v) is 2.21. The van der Waals surface area contributed by atoms with Gasteiger partial charge in [0.1, 0.15) is 10.8 Å². The third-order valence-electron chi connectivity index (χ3n) is 1.86. The molecule has 0 amide bonds. The van der Waals surface area contributed by atoms with Crippen LogP contribution in [0.15, 0.2) is 12.1 Å². The second-order valence-electron chi connectivity index (χ2n) is 2.86. The van der Waals surface area contributed by atoms with Crippen molar-refractivity contribution in [2.45, 2.75) is 12.5 Å². The predicted molar refractivity (Wildman–Crippen MR) is 50.0 cm³/mol. The van der Waals surface area contributed by atoms with Gasteiger partial charge in [0.2, 0.25) is 0 Å². The number of hydrogen-bond donors (Lipinski definition) is 2. The second kappa shape index (κ2) is 4.68. The molecule has 0 unspecified atom stereocenters. The van der Waals surface area contributed by atoms with Crippen molar-refractivity contribution in [3.63, 3.8) is 0 Å². The van der Waals surface area contributed by atoms with E-state index in [1.54, 1.807) is 0 Å². The Balaban J connectivity index is 3.04. The largest absolute Gasteiger partial charge is 0.388 e. The molecule has 0 radical (unpaired) electrons. The number of benzene rings is 1. The van der Waals surface area contributed by atoms with E-state index in [4.69, 9.17) is 17.3 Å². The minimum absolute atomic E-state index is 0.0261. The smallest absolute Gasteiger partial charge is 0.150 e. The highest BCUT2D eigenvalue weighted by Gasteiger charge is 2.16. The molecule has 1 atom stereocenters. The lowest BCUT2D eigenvalue weighted by molar-refractivity contribution is 0.165. The SMILES string of the molecule is NCC[C@H](O)c1ccc(F)c(Cl)c1F. The maximum absolute atomic E-state index is 13.3. The second-order valence-corrected chi connectivity index (χ2v) is 3.24. The molecule has 0 aliphatic carbocycles. The summed E-state index contributed by atoms with van der Waals surface area (Å²) in [5.74, 6) is -1.76. The van der Waals surface area contributed by atoms with Crippen molar-refractivity contribution in [2.75, 3.05) is 6.54 Å². The highest BCUT2D eigenvalue weighted by Crippen LogP contribution is 2.27. The summed E-state index contributed by atoms with van der Waals surface area (Å²) in [6.45, 7) is 0.218. The average molecular weight is 222 g/mol. The molecule has 0 heterocycles. The van der Waals surface area contributed by atoms with Crippen LogP contribution >= 0.6 is 11.6 Å². The summed E-state index contributed by atoms with van der Waals surface area (Å²) in [7, 11) is 0. The summed E-state index contributed by atoms with van der Waals surface area (Å²) in [5, 5.41) is 8.82. The first-order valence-corrected chi connectivity index (χ1v) is 4.47. The van der Waals surface area contributed by atoms with Crippen molar-refractivity contribution >= 4 is 11.6 Å². The van der Waals surface area contributed by atoms with Crippen LogP contribution in [-0.4, -0.2) is 11.7 Å². The van der Waals surface area contributed by atoms with Crippen molar-refractivity contribution in [3.8, 4) is 0 Å². The molecular weight excluding hydrogens is 212 g/mol. The van der Waals surface area contributed by atoms with Gasteiger partial charge >= 0.3 is 0 Å². The molecule has 0 aliphatic rings. The molecule has 0 aromatic heterocycles. The molecular formula is C9H10ClF2NO. The first-order valence-electron chi connectivity index (χ1n) is 4.09. The Hall–Kier alpha value is -0.710. The molecule has 1 aromatic carbocycles. The van der Waals surface area contributed by atoms with Crippen molar-refractivity contribution in [1.29, 1.82) is 0 Å². The van der Waals surface area contributed by atoms with Crippen LogP contribution in [0.4, 0.5) is 8.78 Å². The van der Waals surface area contributed by atoms with E-state index < -0.39 is 22.8 Å². The van der Waals surface area contributed by atoms with Crippen molar-refractivity contribution < 1.29 is 13.9 Å². The highest BCUT2D eigenvalue weighted by molar-refractivity contribution is 6.30. The summed E-state index contributed by atoms with van der Waals surface area (Å²) < 4.78 is 26.0. The standard InChI is InChI=1S/C9H10ClF2NO/c10-8-6(11)2-1-5(9(8)12)7(14)3-4-13/h1-2,7,14H,3-4,13H2/t7-/m0/s1. The predicted octanol–water partition coefficient (Wildman–Crippen LogP) is 2.00. The van der Waals surface area contributed by atoms with Crippen LogP contribution in [0.25, 0.3) is 0 Å². The summed E-state index contributed by atoms with van der Waals surface area (Å²) in [5.41, 5.74) is 5.17. The Morgan fingerprint density at radius 3 is 2.64 bits per heavy atom. The number of aliphatic hydroxyl groups excluding tert-OH is 1. The van der Waals surface area contributed by atoms with Crippen molar-refractivity contribution in [3.05, 3.63) is 34.4 Å². The maximum atomic E-state index is 13.3. The molecule has 5 heteroatoms. The highest BCUT2D eigenvalue weighted by atomic mass is 35.5. The molecule has 14 heavy (non-hydrogen) atoms. The zero-order valence-corrected chi connectivity index (χ0v) is 8.06. The van der Waals surface area contributed by atoms with Crippen LogP contribution in [0, 0.1) is 11.6 Å². The van der Waals surface area contributed by atoms with Gasteiger partial charge in [-0.05, 0) is 19.0 Å². The van der Waals surface area contributed by atoms with Crippen LogP contribution in [0.2, 0.25) is 5.02 Å². The molecule has 3 N–H and O–H groups in total. The molecule has 1 rings (SSSR count). The van der Waals surface area contributed by atoms with Crippen LogP contribution < -0.4 is 5.73 Å². The Kier molecular flexibility index (Phi) is 3.80. The molecule has 1 aromatic rings. The molecule has 2 nitrogen and oxygen atoms in total. The van der Waals surface area contributed by atoms with Gasteiger partial charge in [-0.3, -0.25) is 0 Å². The van der Waals surface area contributed by atoms with E-state index >= 15 is 0 Å². The third kappa shape index (κ3) is 2.20. The fraction of sp³-hybridized carbons (Fsp3) is 0.333. The number of halogens is 3. The van der Waals surface area contributed by atoms with E-state index in [1.165, 1.54) is 0 Å². The normalized spacial score (nSPS) is 12.9. The molecule has 0 saturated heterocycles. The molecule has 0 aliphatic heterocycles. The molecule has 0 bridgehead atoms. The van der Waals surface area contributed by atoms with Crippen LogP contribution in [0.1, 0.15) is 18.1 Å². The summed E-state index contributed by atoms with van der Waals surface area (Å²) in [6.07, 6.45) is -0.836. The molecule has 0 spiro atoms. The number of aliphatic hydroxyl groups is 1. The zero-order valence-electron chi connectivity index (χ0n) is 7.30. The van der Waals surface area contributed by atoms with E-state index in [1.807, 2.05) is 0 Å². The van der Waals surface area contributed by atoms with E-state index in [0.717, 1.165) is 12.1 Å². The topological polar surface area (TPSA) is 46.2 Å². The van der Waals surface area contributed by atoms with Gasteiger partial charge in [-0.15, -0.1) is 0 Å². The van der Waals surface area contributed by atoms with Crippen LogP contribution in [-0.2, 0) is 0 Å². The fourth-order valence-electron chi connectivity index (χ4n) is 1.11. The lowest BCUT2D eigenvalue weighted by atomic mass is 10.1. The number of hydrogen-bond acceptors (Lipinski definition) is 2. The van der Waals surface area contributed by atoms with Crippen molar-refractivity contribution in [1.82, 2.24) is 0 Å². The first-order chi connectivity index (χ1) is 6.57. The zero-order chi connectivity index (χ0) is 10.7. The van der Waals surface area contributed by atoms with E-state index in [0.29, 0.717) is 0 Å². The average Bonchev–Trinajstić information content (AvgIpc) is 2.15. The van der Waals surface area contributed by atoms with E-state index in [9.17, 15) is 13.9 Å². The summed E-state index contributed by atoms with van der Waals surface area (Å²) in [6, 6.07) is 2.18. The van der Waals surface area contributed by atoms with Gasteiger partial charge in [0.15, 0.2) is 5.82 Å². The van der Waals surface area contributed by atoms with Gasteiger partial charge in [0, 0.05) is 5.56 Å². The lowest BCUT2D eigenvalue weighted by Gasteiger charge is -2.11. The lowest BCUT2D eigenvalue weighted by Crippen LogP contribution is -2.08. The monoisotopic (exact) mass is 221 g/mol. The first kappa shape index (κ1) is 11.4. The number of rotatable bonds is 3. The van der Waals surface area contributed by atoms with Gasteiger partial charge in [-0.25, -0.2) is 8.78 Å². The van der Waals surface area contributed by atoms with Gasteiger partial charge in [-0.2, -0.15) is 0 Å². The number of nitrogens with two attached hydrogens (primary N) is 1.